The molecule has 0 saturated heterocycles. The second-order valence-corrected chi connectivity index (χ2v) is 4.03. The highest BCUT2D eigenvalue weighted by molar-refractivity contribution is 7.13. The molecular formula is C8H6ClN5OS. The van der Waals surface area contributed by atoms with Crippen LogP contribution in [0.5, 0.6) is 0 Å². The minimum atomic E-state index is -0.386. The highest BCUT2D eigenvalue weighted by Crippen LogP contribution is 2.13. The van der Waals surface area contributed by atoms with E-state index in [2.05, 4.69) is 20.3 Å². The van der Waals surface area contributed by atoms with E-state index in [9.17, 15) is 4.79 Å². The number of nitrogens with two attached hydrogens (primary N) is 1. The van der Waals surface area contributed by atoms with Crippen LogP contribution in [0.15, 0.2) is 17.8 Å². The maximum atomic E-state index is 11.6. The van der Waals surface area contributed by atoms with E-state index in [-0.39, 0.29) is 16.8 Å². The van der Waals surface area contributed by atoms with Gasteiger partial charge in [-0.2, -0.15) is 0 Å². The molecular weight excluding hydrogens is 250 g/mol. The van der Waals surface area contributed by atoms with Crippen molar-refractivity contribution in [1.29, 1.82) is 0 Å². The fourth-order valence-electron chi connectivity index (χ4n) is 0.974. The molecule has 0 aliphatic carbocycles. The van der Waals surface area contributed by atoms with Crippen molar-refractivity contribution < 1.29 is 4.79 Å². The molecule has 0 aromatic carbocycles. The number of amides is 1. The largest absolute Gasteiger partial charge is 0.375 e. The van der Waals surface area contributed by atoms with Crippen molar-refractivity contribution in [3.8, 4) is 0 Å². The van der Waals surface area contributed by atoms with Gasteiger partial charge in [-0.05, 0) is 0 Å². The van der Waals surface area contributed by atoms with Crippen molar-refractivity contribution in [2.75, 3.05) is 11.1 Å². The molecule has 16 heavy (non-hydrogen) atoms. The third kappa shape index (κ3) is 2.44. The third-order valence-corrected chi connectivity index (χ3v) is 2.51. The van der Waals surface area contributed by atoms with Gasteiger partial charge in [0.05, 0.1) is 0 Å². The van der Waals surface area contributed by atoms with E-state index in [1.54, 1.807) is 5.38 Å². The first-order chi connectivity index (χ1) is 7.65. The van der Waals surface area contributed by atoms with Crippen LogP contribution < -0.4 is 11.1 Å². The Kier molecular flexibility index (Phi) is 2.97. The molecule has 0 spiro atoms. The van der Waals surface area contributed by atoms with Crippen LogP contribution >= 0.6 is 22.9 Å². The van der Waals surface area contributed by atoms with E-state index in [0.29, 0.717) is 10.9 Å². The van der Waals surface area contributed by atoms with Crippen LogP contribution in [0.25, 0.3) is 0 Å². The quantitative estimate of drug-likeness (QED) is 0.792. The lowest BCUT2D eigenvalue weighted by Gasteiger charge is -2.01. The van der Waals surface area contributed by atoms with Gasteiger partial charge in [-0.15, -0.1) is 11.3 Å². The maximum Gasteiger partial charge on any atom is 0.276 e. The van der Waals surface area contributed by atoms with Crippen molar-refractivity contribution >= 4 is 39.8 Å². The molecule has 1 amide bonds. The third-order valence-electron chi connectivity index (χ3n) is 1.63. The van der Waals surface area contributed by atoms with Crippen LogP contribution in [-0.4, -0.2) is 20.9 Å². The molecule has 82 valence electrons. The van der Waals surface area contributed by atoms with E-state index in [1.165, 1.54) is 23.7 Å². The summed E-state index contributed by atoms with van der Waals surface area (Å²) in [7, 11) is 0. The highest BCUT2D eigenvalue weighted by Gasteiger charge is 2.10. The van der Waals surface area contributed by atoms with Crippen LogP contribution in [0.1, 0.15) is 10.5 Å². The Morgan fingerprint density at radius 3 is 2.94 bits per heavy atom. The number of hydrogen-bond acceptors (Lipinski definition) is 6. The molecule has 6 nitrogen and oxygen atoms in total. The van der Waals surface area contributed by atoms with Gasteiger partial charge in [-0.3, -0.25) is 4.79 Å². The number of nitrogens with one attached hydrogen (secondary N) is 1. The molecule has 0 aliphatic rings. The molecule has 0 atom stereocenters. The number of carbonyl (C=O) groups is 1. The Morgan fingerprint density at radius 1 is 1.50 bits per heavy atom. The number of anilines is 2. The number of thiazole rings is 1. The van der Waals surface area contributed by atoms with Crippen molar-refractivity contribution in [1.82, 2.24) is 15.0 Å². The first-order valence-corrected chi connectivity index (χ1v) is 5.41. The Bertz CT molecular complexity index is 529. The molecule has 2 aromatic heterocycles. The molecule has 0 fully saturated rings. The van der Waals surface area contributed by atoms with Crippen molar-refractivity contribution in [3.05, 3.63) is 28.6 Å². The molecule has 2 aromatic rings. The standard InChI is InChI=1S/C8H6ClN5OS/c9-5-1-6(12-3-11-5)14-7(15)4-2-16-8(10)13-4/h1-3H,(H2,10,13)(H,11,12,14,15). The Labute approximate surface area is 99.5 Å². The lowest BCUT2D eigenvalue weighted by atomic mass is 10.4. The van der Waals surface area contributed by atoms with Gasteiger partial charge in [-0.1, -0.05) is 11.6 Å². The van der Waals surface area contributed by atoms with Gasteiger partial charge in [0.25, 0.3) is 5.91 Å². The monoisotopic (exact) mass is 255 g/mol. The number of hydrogen-bond donors (Lipinski definition) is 2. The van der Waals surface area contributed by atoms with Crippen LogP contribution in [-0.2, 0) is 0 Å². The molecule has 8 heteroatoms. The van der Waals surface area contributed by atoms with Gasteiger partial charge in [0, 0.05) is 11.4 Å². The van der Waals surface area contributed by atoms with E-state index in [1.807, 2.05) is 0 Å². The second-order valence-electron chi connectivity index (χ2n) is 2.75. The summed E-state index contributed by atoms with van der Waals surface area (Å²) in [6, 6.07) is 1.44. The first-order valence-electron chi connectivity index (χ1n) is 4.15. The second kappa shape index (κ2) is 4.42. The van der Waals surface area contributed by atoms with Gasteiger partial charge in [0.15, 0.2) is 5.13 Å². The summed E-state index contributed by atoms with van der Waals surface area (Å²) in [6.07, 6.45) is 1.26. The Hall–Kier alpha value is -1.73. The van der Waals surface area contributed by atoms with Gasteiger partial charge in [0.2, 0.25) is 0 Å². The summed E-state index contributed by atoms with van der Waals surface area (Å²) in [5.74, 6) is -0.0701. The predicted octanol–water partition coefficient (Wildman–Crippen LogP) is 1.42. The lowest BCUT2D eigenvalue weighted by molar-refractivity contribution is 0.102. The summed E-state index contributed by atoms with van der Waals surface area (Å²) in [6.45, 7) is 0. The number of halogens is 1. The fourth-order valence-corrected chi connectivity index (χ4v) is 1.66. The fraction of sp³-hybridized carbons (Fsp3) is 0. The molecule has 2 rings (SSSR count). The summed E-state index contributed by atoms with van der Waals surface area (Å²) in [5.41, 5.74) is 5.66. The summed E-state index contributed by atoms with van der Waals surface area (Å²) in [4.78, 5) is 23.0. The van der Waals surface area contributed by atoms with E-state index in [0.717, 1.165) is 0 Å². The molecule has 2 heterocycles. The van der Waals surface area contributed by atoms with Gasteiger partial charge < -0.3 is 11.1 Å². The first kappa shape index (κ1) is 10.8. The van der Waals surface area contributed by atoms with Crippen molar-refractivity contribution in [3.63, 3.8) is 0 Å². The normalized spacial score (nSPS) is 10.1. The summed E-state index contributed by atoms with van der Waals surface area (Å²) >= 11 is 6.84. The molecule has 3 N–H and O–H groups in total. The highest BCUT2D eigenvalue weighted by atomic mass is 35.5. The maximum absolute atomic E-state index is 11.6. The van der Waals surface area contributed by atoms with E-state index < -0.39 is 0 Å². The molecule has 0 aliphatic heterocycles. The number of nitrogens with zero attached hydrogens (tertiary/aromatic N) is 3. The van der Waals surface area contributed by atoms with E-state index >= 15 is 0 Å². The van der Waals surface area contributed by atoms with Gasteiger partial charge >= 0.3 is 0 Å². The Morgan fingerprint density at radius 2 is 2.31 bits per heavy atom. The zero-order valence-corrected chi connectivity index (χ0v) is 9.42. The average Bonchev–Trinajstić information content (AvgIpc) is 2.65. The number of aromatic nitrogens is 3. The molecule has 0 saturated carbocycles. The smallest absolute Gasteiger partial charge is 0.276 e. The van der Waals surface area contributed by atoms with Gasteiger partial charge in [0.1, 0.15) is 23.0 Å². The number of carbonyl (C=O) groups excluding carboxylic acids is 1. The minimum Gasteiger partial charge on any atom is -0.375 e. The van der Waals surface area contributed by atoms with Crippen LogP contribution in [0.4, 0.5) is 10.9 Å². The molecule has 0 unspecified atom stereocenters. The minimum absolute atomic E-state index is 0.247. The van der Waals surface area contributed by atoms with Crippen molar-refractivity contribution in [2.45, 2.75) is 0 Å². The zero-order chi connectivity index (χ0) is 11.5. The van der Waals surface area contributed by atoms with Crippen LogP contribution in [0, 0.1) is 0 Å². The lowest BCUT2D eigenvalue weighted by Crippen LogP contribution is -2.13. The average molecular weight is 256 g/mol. The Balaban J connectivity index is 2.13. The van der Waals surface area contributed by atoms with Crippen LogP contribution in [0.3, 0.4) is 0 Å². The SMILES string of the molecule is Nc1nc(C(=O)Nc2cc(Cl)ncn2)cs1. The summed E-state index contributed by atoms with van der Waals surface area (Å²) < 4.78 is 0. The van der Waals surface area contributed by atoms with Crippen molar-refractivity contribution in [2.24, 2.45) is 0 Å². The van der Waals surface area contributed by atoms with E-state index in [4.69, 9.17) is 17.3 Å². The molecule has 0 bridgehead atoms. The van der Waals surface area contributed by atoms with Gasteiger partial charge in [-0.25, -0.2) is 15.0 Å². The predicted molar refractivity (Wildman–Crippen MR) is 61.5 cm³/mol. The summed E-state index contributed by atoms with van der Waals surface area (Å²) in [5, 5.41) is 4.68. The zero-order valence-electron chi connectivity index (χ0n) is 7.85. The topological polar surface area (TPSA) is 93.8 Å². The number of nitrogen functional groups attached to an aromatic ring is 1. The van der Waals surface area contributed by atoms with Crippen LogP contribution in [0.2, 0.25) is 5.15 Å². The number of rotatable bonds is 2. The molecule has 0 radical (unpaired) electrons.